The molecule has 0 aliphatic rings. The molecule has 0 aromatic heterocycles. The normalized spacial score (nSPS) is 9.88. The summed E-state index contributed by atoms with van der Waals surface area (Å²) in [7, 11) is 0. The standard InChI is InChI=1S/C10H22O2.C3H8O2/c11-9-7-5-3-1-2-4-6-8-10-12;4-2-1-3-5/h11-12H,1-10H2;4-5H,1-3H2. The molecule has 4 nitrogen and oxygen atoms in total. The number of unbranched alkanes of at least 4 members (excludes halogenated alkanes) is 7. The smallest absolute Gasteiger partial charge is 0.0452 e. The number of rotatable bonds is 11. The summed E-state index contributed by atoms with van der Waals surface area (Å²) < 4.78 is 0. The van der Waals surface area contributed by atoms with Crippen molar-refractivity contribution in [2.24, 2.45) is 0 Å². The molecule has 0 atom stereocenters. The molecule has 0 fully saturated rings. The van der Waals surface area contributed by atoms with Gasteiger partial charge in [-0.05, 0) is 19.3 Å². The number of aliphatic hydroxyl groups excluding tert-OH is 4. The van der Waals surface area contributed by atoms with Gasteiger partial charge < -0.3 is 20.4 Å². The van der Waals surface area contributed by atoms with Crippen LogP contribution < -0.4 is 0 Å². The van der Waals surface area contributed by atoms with Crippen LogP contribution in [0.5, 0.6) is 0 Å². The lowest BCUT2D eigenvalue weighted by molar-refractivity contribution is 0.221. The van der Waals surface area contributed by atoms with Crippen molar-refractivity contribution in [2.75, 3.05) is 26.4 Å². The predicted molar refractivity (Wildman–Crippen MR) is 69.9 cm³/mol. The van der Waals surface area contributed by atoms with E-state index in [4.69, 9.17) is 20.4 Å². The third kappa shape index (κ3) is 25.8. The summed E-state index contributed by atoms with van der Waals surface area (Å²) in [5.41, 5.74) is 0. The van der Waals surface area contributed by atoms with Gasteiger partial charge in [-0.1, -0.05) is 38.5 Å². The summed E-state index contributed by atoms with van der Waals surface area (Å²) in [6.45, 7) is 0.863. The molecule has 0 aliphatic carbocycles. The van der Waals surface area contributed by atoms with Crippen LogP contribution in [0.3, 0.4) is 0 Å². The molecule has 0 radical (unpaired) electrons. The van der Waals surface area contributed by atoms with E-state index < -0.39 is 0 Å². The Bertz CT molecular complexity index is 97.6. The first-order chi connectivity index (χ1) is 8.33. The molecule has 0 amide bonds. The number of hydrogen-bond donors (Lipinski definition) is 4. The van der Waals surface area contributed by atoms with E-state index in [2.05, 4.69) is 0 Å². The van der Waals surface area contributed by atoms with Crippen LogP contribution in [0.15, 0.2) is 0 Å². The SMILES string of the molecule is OCCCCCCCCCCO.OCCCO. The molecule has 0 bridgehead atoms. The fraction of sp³-hybridized carbons (Fsp3) is 1.00. The zero-order valence-electron chi connectivity index (χ0n) is 11.0. The minimum absolute atomic E-state index is 0.0938. The Morgan fingerprint density at radius 3 is 0.706 bits per heavy atom. The highest BCUT2D eigenvalue weighted by molar-refractivity contribution is 4.45. The zero-order chi connectivity index (χ0) is 13.2. The van der Waals surface area contributed by atoms with Crippen LogP contribution >= 0.6 is 0 Å². The van der Waals surface area contributed by atoms with E-state index in [0.29, 0.717) is 19.6 Å². The van der Waals surface area contributed by atoms with Crippen LogP contribution in [0.2, 0.25) is 0 Å². The Labute approximate surface area is 105 Å². The van der Waals surface area contributed by atoms with Gasteiger partial charge in [-0.3, -0.25) is 0 Å². The van der Waals surface area contributed by atoms with Crippen molar-refractivity contribution >= 4 is 0 Å². The average molecular weight is 250 g/mol. The lowest BCUT2D eigenvalue weighted by atomic mass is 10.1. The van der Waals surface area contributed by atoms with Crippen molar-refractivity contribution in [3.8, 4) is 0 Å². The summed E-state index contributed by atoms with van der Waals surface area (Å²) in [6, 6.07) is 0. The molecule has 4 N–H and O–H groups in total. The van der Waals surface area contributed by atoms with Crippen LogP contribution in [0.4, 0.5) is 0 Å². The molecular weight excluding hydrogens is 220 g/mol. The van der Waals surface area contributed by atoms with Gasteiger partial charge in [-0.15, -0.1) is 0 Å². The predicted octanol–water partition coefficient (Wildman–Crippen LogP) is 1.45. The first kappa shape index (κ1) is 19.2. The highest BCUT2D eigenvalue weighted by Gasteiger charge is 1.90. The number of aliphatic hydroxyl groups is 4. The van der Waals surface area contributed by atoms with Crippen LogP contribution in [0, 0.1) is 0 Å². The van der Waals surface area contributed by atoms with E-state index in [1.165, 1.54) is 25.7 Å². The molecule has 0 spiro atoms. The highest BCUT2D eigenvalue weighted by atomic mass is 16.3. The van der Waals surface area contributed by atoms with E-state index in [0.717, 1.165) is 25.7 Å². The Kier molecular flexibility index (Phi) is 23.9. The van der Waals surface area contributed by atoms with Crippen molar-refractivity contribution in [1.29, 1.82) is 0 Å². The van der Waals surface area contributed by atoms with Crippen molar-refractivity contribution in [3.05, 3.63) is 0 Å². The van der Waals surface area contributed by atoms with E-state index in [9.17, 15) is 0 Å². The van der Waals surface area contributed by atoms with Crippen LogP contribution in [0.1, 0.15) is 57.8 Å². The van der Waals surface area contributed by atoms with Gasteiger partial charge in [0.05, 0.1) is 0 Å². The Morgan fingerprint density at radius 2 is 0.529 bits per heavy atom. The van der Waals surface area contributed by atoms with Gasteiger partial charge in [-0.2, -0.15) is 0 Å². The lowest BCUT2D eigenvalue weighted by Gasteiger charge is -1.99. The maximum atomic E-state index is 8.51. The van der Waals surface area contributed by atoms with E-state index >= 15 is 0 Å². The molecule has 0 aliphatic heterocycles. The molecule has 106 valence electrons. The maximum Gasteiger partial charge on any atom is 0.0452 e. The van der Waals surface area contributed by atoms with Gasteiger partial charge in [-0.25, -0.2) is 0 Å². The Hall–Kier alpha value is -0.160. The van der Waals surface area contributed by atoms with Gasteiger partial charge in [0.1, 0.15) is 0 Å². The second-order valence-electron chi connectivity index (χ2n) is 4.08. The van der Waals surface area contributed by atoms with E-state index in [1.807, 2.05) is 0 Å². The molecule has 0 heterocycles. The average Bonchev–Trinajstić information content (AvgIpc) is 2.34. The fourth-order valence-electron chi connectivity index (χ4n) is 1.35. The fourth-order valence-corrected chi connectivity index (χ4v) is 1.35. The molecule has 0 aromatic carbocycles. The van der Waals surface area contributed by atoms with Crippen molar-refractivity contribution < 1.29 is 20.4 Å². The van der Waals surface area contributed by atoms with E-state index in [1.54, 1.807) is 0 Å². The second-order valence-corrected chi connectivity index (χ2v) is 4.08. The zero-order valence-corrected chi connectivity index (χ0v) is 11.0. The van der Waals surface area contributed by atoms with Gasteiger partial charge in [0.15, 0.2) is 0 Å². The summed E-state index contributed by atoms with van der Waals surface area (Å²) in [5, 5.41) is 32.8. The van der Waals surface area contributed by atoms with E-state index in [-0.39, 0.29) is 13.2 Å². The maximum absolute atomic E-state index is 8.51. The Balaban J connectivity index is 0. The first-order valence-electron chi connectivity index (χ1n) is 6.76. The van der Waals surface area contributed by atoms with Gasteiger partial charge in [0, 0.05) is 26.4 Å². The van der Waals surface area contributed by atoms with Gasteiger partial charge in [0.25, 0.3) is 0 Å². The summed E-state index contributed by atoms with van der Waals surface area (Å²) in [4.78, 5) is 0. The second kappa shape index (κ2) is 21.2. The summed E-state index contributed by atoms with van der Waals surface area (Å²) >= 11 is 0. The minimum Gasteiger partial charge on any atom is -0.396 e. The monoisotopic (exact) mass is 250 g/mol. The molecule has 17 heavy (non-hydrogen) atoms. The van der Waals surface area contributed by atoms with Crippen LogP contribution in [0.25, 0.3) is 0 Å². The Morgan fingerprint density at radius 1 is 0.294 bits per heavy atom. The van der Waals surface area contributed by atoms with Crippen molar-refractivity contribution in [1.82, 2.24) is 0 Å². The number of hydrogen-bond acceptors (Lipinski definition) is 4. The lowest BCUT2D eigenvalue weighted by Crippen LogP contribution is -1.85. The molecule has 0 rings (SSSR count). The third-order valence-corrected chi connectivity index (χ3v) is 2.38. The van der Waals surface area contributed by atoms with Crippen LogP contribution in [-0.2, 0) is 0 Å². The van der Waals surface area contributed by atoms with Crippen LogP contribution in [-0.4, -0.2) is 46.9 Å². The highest BCUT2D eigenvalue weighted by Crippen LogP contribution is 2.07. The van der Waals surface area contributed by atoms with Gasteiger partial charge >= 0.3 is 0 Å². The molecule has 0 saturated carbocycles. The molecule has 4 heteroatoms. The van der Waals surface area contributed by atoms with Crippen molar-refractivity contribution in [3.63, 3.8) is 0 Å². The summed E-state index contributed by atoms with van der Waals surface area (Å²) in [5.74, 6) is 0. The summed E-state index contributed by atoms with van der Waals surface area (Å²) in [6.07, 6.45) is 9.80. The third-order valence-electron chi connectivity index (χ3n) is 2.38. The quantitative estimate of drug-likeness (QED) is 0.418. The molecule has 0 aromatic rings. The van der Waals surface area contributed by atoms with Crippen molar-refractivity contribution in [2.45, 2.75) is 57.8 Å². The topological polar surface area (TPSA) is 80.9 Å². The molecule has 0 unspecified atom stereocenters. The van der Waals surface area contributed by atoms with Gasteiger partial charge in [0.2, 0.25) is 0 Å². The first-order valence-corrected chi connectivity index (χ1v) is 6.76. The minimum atomic E-state index is 0.0938. The molecular formula is C13H30O4. The molecule has 0 saturated heterocycles. The largest absolute Gasteiger partial charge is 0.396 e.